The standard InChI is InChI=1S/C91H178O17P2/c1-9-83(7)69-61-53-44-38-32-26-20-16-12-14-18-22-30-36-42-48-58-66-74-91(96)108-87(78-102-89(94)72-64-56-50-49-52-60-68-82(5)6)80-106-110(99,100)104-76-85(92)75-103-109(97,98)105-79-86(77-101-88(93)71-63-55-46-40-34-28-24-23-27-33-39-45-54-62-70-84(8)10-2)107-90(95)73-65-57-47-41-35-29-21-17-13-11-15-19-25-31-37-43-51-59-67-81(3)4/h81-87,92H,9-80H2,1-8H3,(H,97,98)(H,99,100)/t83?,84?,85-,86-,87-/m1/s1. The summed E-state index contributed by atoms with van der Waals surface area (Å²) in [5.41, 5.74) is 0. The Hall–Kier alpha value is -1.94. The van der Waals surface area contributed by atoms with Crippen molar-refractivity contribution < 1.29 is 80.2 Å². The number of phosphoric acid groups is 2. The highest BCUT2D eigenvalue weighted by Crippen LogP contribution is 2.45. The summed E-state index contributed by atoms with van der Waals surface area (Å²) in [7, 11) is -9.94. The van der Waals surface area contributed by atoms with Gasteiger partial charge in [0, 0.05) is 25.7 Å². The smallest absolute Gasteiger partial charge is 0.462 e. The normalized spacial score (nSPS) is 14.3. The maximum absolute atomic E-state index is 13.2. The van der Waals surface area contributed by atoms with Gasteiger partial charge in [0.1, 0.15) is 19.3 Å². The average Bonchev–Trinajstić information content (AvgIpc) is 0.898. The molecule has 17 nitrogen and oxygen atoms in total. The average molecular weight is 1610 g/mol. The van der Waals surface area contributed by atoms with Crippen LogP contribution in [0.3, 0.4) is 0 Å². The molecule has 0 aliphatic heterocycles. The van der Waals surface area contributed by atoms with E-state index < -0.39 is 97.5 Å². The second-order valence-electron chi connectivity index (χ2n) is 34.1. The lowest BCUT2D eigenvalue weighted by atomic mass is 9.99. The fourth-order valence-corrected chi connectivity index (χ4v) is 15.7. The van der Waals surface area contributed by atoms with Crippen LogP contribution in [-0.2, 0) is 65.4 Å². The number of rotatable bonds is 88. The molecule has 0 heterocycles. The Morgan fingerprint density at radius 1 is 0.255 bits per heavy atom. The molecule has 0 aliphatic carbocycles. The van der Waals surface area contributed by atoms with Crippen molar-refractivity contribution in [1.82, 2.24) is 0 Å². The van der Waals surface area contributed by atoms with Crippen molar-refractivity contribution in [2.24, 2.45) is 23.7 Å². The number of aliphatic hydroxyl groups is 1. The molecule has 0 saturated carbocycles. The first-order chi connectivity index (χ1) is 53.2. The van der Waals surface area contributed by atoms with Crippen LogP contribution in [0, 0.1) is 23.7 Å². The van der Waals surface area contributed by atoms with Gasteiger partial charge in [-0.15, -0.1) is 0 Å². The van der Waals surface area contributed by atoms with Gasteiger partial charge in [0.25, 0.3) is 0 Å². The number of hydrogen-bond donors (Lipinski definition) is 3. The molecule has 7 atom stereocenters. The van der Waals surface area contributed by atoms with Gasteiger partial charge < -0.3 is 33.8 Å². The highest BCUT2D eigenvalue weighted by atomic mass is 31.2. The van der Waals surface area contributed by atoms with Crippen molar-refractivity contribution in [3.8, 4) is 0 Å². The molecule has 0 aromatic heterocycles. The Labute approximate surface area is 677 Å². The molecule has 0 bridgehead atoms. The fourth-order valence-electron chi connectivity index (χ4n) is 14.1. The lowest BCUT2D eigenvalue weighted by Gasteiger charge is -2.21. The number of carbonyl (C=O) groups excluding carboxylic acids is 4. The summed E-state index contributed by atoms with van der Waals surface area (Å²) in [6.45, 7) is 14.4. The summed E-state index contributed by atoms with van der Waals surface area (Å²) in [5.74, 6) is 1.12. The molecule has 0 aromatic rings. The van der Waals surface area contributed by atoms with Crippen molar-refractivity contribution in [2.75, 3.05) is 39.6 Å². The fraction of sp³-hybridized carbons (Fsp3) is 0.956. The van der Waals surface area contributed by atoms with Gasteiger partial charge in [-0.2, -0.15) is 0 Å². The molecule has 4 unspecified atom stereocenters. The first-order valence-electron chi connectivity index (χ1n) is 46.8. The summed E-state index contributed by atoms with van der Waals surface area (Å²) in [4.78, 5) is 73.3. The van der Waals surface area contributed by atoms with Gasteiger partial charge in [0.05, 0.1) is 26.4 Å². The maximum atomic E-state index is 13.2. The number of esters is 4. The van der Waals surface area contributed by atoms with Gasteiger partial charge in [0.2, 0.25) is 0 Å². The summed E-state index contributed by atoms with van der Waals surface area (Å²) < 4.78 is 69.0. The van der Waals surface area contributed by atoms with Gasteiger partial charge in [-0.1, -0.05) is 428 Å². The Bertz CT molecular complexity index is 2130. The molecule has 0 spiro atoms. The van der Waals surface area contributed by atoms with Crippen LogP contribution in [0.25, 0.3) is 0 Å². The molecule has 0 aliphatic rings. The number of aliphatic hydroxyl groups excluding tert-OH is 1. The molecule has 0 amide bonds. The van der Waals surface area contributed by atoms with Crippen LogP contribution < -0.4 is 0 Å². The first-order valence-corrected chi connectivity index (χ1v) is 49.8. The van der Waals surface area contributed by atoms with Crippen LogP contribution in [0.1, 0.15) is 479 Å². The minimum atomic E-state index is -4.97. The predicted molar refractivity (Wildman–Crippen MR) is 455 cm³/mol. The van der Waals surface area contributed by atoms with E-state index in [1.54, 1.807) is 0 Å². The second-order valence-corrected chi connectivity index (χ2v) is 37.0. The molecular weight excluding hydrogens is 1430 g/mol. The summed E-state index contributed by atoms with van der Waals surface area (Å²) >= 11 is 0. The molecule has 19 heteroatoms. The first kappa shape index (κ1) is 108. The minimum absolute atomic E-state index is 0.107. The van der Waals surface area contributed by atoms with Gasteiger partial charge >= 0.3 is 39.5 Å². The Kier molecular flexibility index (Phi) is 78.1. The Morgan fingerprint density at radius 3 is 0.645 bits per heavy atom. The lowest BCUT2D eigenvalue weighted by molar-refractivity contribution is -0.161. The SMILES string of the molecule is CCC(C)CCCCCCCCCCCCCCCCCCCCC(=O)O[C@H](COC(=O)CCCCCCCCC(C)C)COP(=O)(O)OC[C@H](O)COP(=O)(O)OC[C@@H](COC(=O)CCCCCCCCCCCCCCCCC(C)CC)OC(=O)CCCCCCCCCCCCCCCCCCCCC(C)C. The van der Waals surface area contributed by atoms with E-state index in [0.29, 0.717) is 31.6 Å². The molecule has 0 aromatic carbocycles. The molecule has 110 heavy (non-hydrogen) atoms. The van der Waals surface area contributed by atoms with Gasteiger partial charge in [-0.05, 0) is 49.4 Å². The highest BCUT2D eigenvalue weighted by Gasteiger charge is 2.31. The van der Waals surface area contributed by atoms with Crippen LogP contribution >= 0.6 is 15.6 Å². The van der Waals surface area contributed by atoms with E-state index in [1.165, 1.54) is 276 Å². The maximum Gasteiger partial charge on any atom is 0.472 e. The zero-order valence-electron chi connectivity index (χ0n) is 72.9. The van der Waals surface area contributed by atoms with E-state index in [-0.39, 0.29) is 25.7 Å². The van der Waals surface area contributed by atoms with E-state index in [0.717, 1.165) is 114 Å². The zero-order valence-corrected chi connectivity index (χ0v) is 74.7. The third-order valence-electron chi connectivity index (χ3n) is 22.0. The van der Waals surface area contributed by atoms with Crippen LogP contribution in [0.2, 0.25) is 0 Å². The summed E-state index contributed by atoms with van der Waals surface area (Å²) in [6, 6.07) is 0. The summed E-state index contributed by atoms with van der Waals surface area (Å²) in [6.07, 6.45) is 71.0. The van der Waals surface area contributed by atoms with E-state index in [4.69, 9.17) is 37.0 Å². The van der Waals surface area contributed by atoms with Crippen molar-refractivity contribution in [3.63, 3.8) is 0 Å². The largest absolute Gasteiger partial charge is 0.472 e. The van der Waals surface area contributed by atoms with Gasteiger partial charge in [0.15, 0.2) is 12.2 Å². The molecule has 0 saturated heterocycles. The van der Waals surface area contributed by atoms with Gasteiger partial charge in [-0.3, -0.25) is 37.3 Å². The molecular formula is C91H178O17P2. The Balaban J connectivity index is 5.19. The third-order valence-corrected chi connectivity index (χ3v) is 23.9. The van der Waals surface area contributed by atoms with Crippen molar-refractivity contribution >= 4 is 39.5 Å². The van der Waals surface area contributed by atoms with Gasteiger partial charge in [-0.25, -0.2) is 9.13 Å². The number of ether oxygens (including phenoxy) is 4. The van der Waals surface area contributed by atoms with Crippen LogP contribution in [0.5, 0.6) is 0 Å². The van der Waals surface area contributed by atoms with Crippen molar-refractivity contribution in [2.45, 2.75) is 497 Å². The van der Waals surface area contributed by atoms with E-state index in [9.17, 15) is 43.2 Å². The van der Waals surface area contributed by atoms with Crippen molar-refractivity contribution in [3.05, 3.63) is 0 Å². The quantitative estimate of drug-likeness (QED) is 0.0222. The van der Waals surface area contributed by atoms with E-state index in [2.05, 4.69) is 55.4 Å². The molecule has 0 fully saturated rings. The molecule has 0 radical (unpaired) electrons. The minimum Gasteiger partial charge on any atom is -0.462 e. The van der Waals surface area contributed by atoms with Crippen LogP contribution in [0.4, 0.5) is 0 Å². The van der Waals surface area contributed by atoms with E-state index in [1.807, 2.05) is 0 Å². The van der Waals surface area contributed by atoms with E-state index >= 15 is 0 Å². The highest BCUT2D eigenvalue weighted by molar-refractivity contribution is 7.47. The third kappa shape index (κ3) is 81.2. The second kappa shape index (κ2) is 79.5. The Morgan fingerprint density at radius 2 is 0.436 bits per heavy atom. The number of hydrogen-bond acceptors (Lipinski definition) is 15. The van der Waals surface area contributed by atoms with Crippen molar-refractivity contribution in [1.29, 1.82) is 0 Å². The zero-order chi connectivity index (χ0) is 80.9. The lowest BCUT2D eigenvalue weighted by Crippen LogP contribution is -2.30. The molecule has 654 valence electrons. The topological polar surface area (TPSA) is 237 Å². The summed E-state index contributed by atoms with van der Waals surface area (Å²) in [5, 5.41) is 10.7. The van der Waals surface area contributed by atoms with Crippen LogP contribution in [-0.4, -0.2) is 96.7 Å². The molecule has 0 rings (SSSR count). The number of phosphoric ester groups is 2. The number of carbonyl (C=O) groups is 4. The predicted octanol–water partition coefficient (Wildman–Crippen LogP) is 27.9. The monoisotopic (exact) mass is 1610 g/mol. The molecule has 3 N–H and O–H groups in total. The number of unbranched alkanes of at least 4 members (excludes halogenated alkanes) is 52. The van der Waals surface area contributed by atoms with Crippen LogP contribution in [0.15, 0.2) is 0 Å².